The number of halogens is 8. The molecule has 0 unspecified atom stereocenters. The van der Waals surface area contributed by atoms with Gasteiger partial charge in [-0.15, -0.1) is 0 Å². The van der Waals surface area contributed by atoms with Crippen LogP contribution in [0.25, 0.3) is 6.08 Å². The number of anilines is 1. The first-order valence-electron chi connectivity index (χ1n) is 10.5. The molecule has 0 aromatic heterocycles. The van der Waals surface area contributed by atoms with Crippen LogP contribution >= 0.6 is 55.8 Å². The fourth-order valence-electron chi connectivity index (χ4n) is 3.46. The van der Waals surface area contributed by atoms with Crippen LogP contribution in [0.3, 0.4) is 0 Å². The molecule has 0 N–H and O–H groups in total. The van der Waals surface area contributed by atoms with Gasteiger partial charge in [0.15, 0.2) is 10.1 Å². The van der Waals surface area contributed by atoms with Crippen molar-refractivity contribution in [3.05, 3.63) is 95.3 Å². The van der Waals surface area contributed by atoms with Gasteiger partial charge in [-0.1, -0.05) is 30.0 Å². The summed E-state index contributed by atoms with van der Waals surface area (Å²) < 4.78 is 84.4. The number of carbonyl (C=O) groups is 1. The number of nitrogens with zero attached hydrogens (tertiary/aromatic N) is 2. The zero-order valence-corrected chi connectivity index (χ0v) is 23.9. The number of ether oxygens (including phenoxy) is 1. The molecule has 208 valence electrons. The van der Waals surface area contributed by atoms with Crippen LogP contribution in [-0.2, 0) is 17.1 Å². The second-order valence-corrected chi connectivity index (χ2v) is 11.3. The van der Waals surface area contributed by atoms with E-state index in [1.54, 1.807) is 0 Å². The highest BCUT2D eigenvalue weighted by molar-refractivity contribution is 9.11. The van der Waals surface area contributed by atoms with Gasteiger partial charge in [-0.25, -0.2) is 0 Å². The minimum atomic E-state index is -4.80. The number of thiocarbonyl (C=S) groups is 1. The summed E-state index contributed by atoms with van der Waals surface area (Å²) >= 11 is 12.6. The fraction of sp³-hybridized carbons (Fsp3) is 0.0833. The van der Waals surface area contributed by atoms with E-state index in [0.717, 1.165) is 40.9 Å². The van der Waals surface area contributed by atoms with Gasteiger partial charge in [0.1, 0.15) is 0 Å². The minimum Gasteiger partial charge on any atom is -0.448 e. The van der Waals surface area contributed by atoms with Gasteiger partial charge >= 0.3 is 18.0 Å². The number of nitro groups is 1. The fourth-order valence-corrected chi connectivity index (χ4v) is 6.14. The van der Waals surface area contributed by atoms with Crippen molar-refractivity contribution in [3.8, 4) is 11.5 Å². The molecule has 1 saturated heterocycles. The summed E-state index contributed by atoms with van der Waals surface area (Å²) in [4.78, 5) is 24.5. The number of thioether (sulfide) groups is 1. The van der Waals surface area contributed by atoms with Crippen molar-refractivity contribution in [1.82, 2.24) is 0 Å². The standard InChI is InChI=1S/C24H10Br2F6N2O4S2/c25-15-6-11(7-16(26)20(15)38-18-5-4-13(24(30,31)32)10-17(18)34(36)37)8-19-21(35)33(22(39)40-19)14-3-1-2-12(9-14)23(27,28)29/h1-10H/b19-8+. The van der Waals surface area contributed by atoms with Crippen LogP contribution in [0.1, 0.15) is 16.7 Å². The highest BCUT2D eigenvalue weighted by atomic mass is 79.9. The maximum Gasteiger partial charge on any atom is 0.416 e. The van der Waals surface area contributed by atoms with Crippen LogP contribution in [0.15, 0.2) is 68.4 Å². The van der Waals surface area contributed by atoms with E-state index in [4.69, 9.17) is 17.0 Å². The van der Waals surface area contributed by atoms with Crippen molar-refractivity contribution in [1.29, 1.82) is 0 Å². The Hall–Kier alpha value is -2.95. The summed E-state index contributed by atoms with van der Waals surface area (Å²) in [6, 6.07) is 8.93. The molecule has 3 aromatic rings. The van der Waals surface area contributed by atoms with Crippen LogP contribution in [0.4, 0.5) is 37.7 Å². The highest BCUT2D eigenvalue weighted by Crippen LogP contribution is 2.44. The first-order valence-corrected chi connectivity index (χ1v) is 13.3. The number of carbonyl (C=O) groups excluding carboxylic acids is 1. The molecule has 1 aliphatic rings. The summed E-state index contributed by atoms with van der Waals surface area (Å²) in [6.07, 6.45) is -7.99. The minimum absolute atomic E-state index is 0.00322. The van der Waals surface area contributed by atoms with Crippen molar-refractivity contribution >= 4 is 83.5 Å². The van der Waals surface area contributed by atoms with Crippen molar-refractivity contribution in [2.24, 2.45) is 0 Å². The van der Waals surface area contributed by atoms with Gasteiger partial charge in [0.2, 0.25) is 5.75 Å². The lowest BCUT2D eigenvalue weighted by Crippen LogP contribution is -2.27. The molecule has 1 amide bonds. The SMILES string of the molecule is O=C1/C(=C\c2cc(Br)c(Oc3ccc(C(F)(F)F)cc3[N+](=O)[O-])c(Br)c2)SC(=S)N1c1cccc(C(F)(F)F)c1. The Balaban J connectivity index is 1.63. The molecule has 1 heterocycles. The summed E-state index contributed by atoms with van der Waals surface area (Å²) in [6.45, 7) is 0. The van der Waals surface area contributed by atoms with E-state index in [1.165, 1.54) is 24.3 Å². The number of amides is 1. The lowest BCUT2D eigenvalue weighted by Gasteiger charge is -2.16. The molecule has 6 nitrogen and oxygen atoms in total. The van der Waals surface area contributed by atoms with Crippen LogP contribution in [0.5, 0.6) is 11.5 Å². The average molecular weight is 728 g/mol. The molecule has 1 aliphatic heterocycles. The van der Waals surface area contributed by atoms with E-state index in [1.807, 2.05) is 0 Å². The lowest BCUT2D eigenvalue weighted by atomic mass is 10.1. The monoisotopic (exact) mass is 726 g/mol. The molecule has 0 aliphatic carbocycles. The third kappa shape index (κ3) is 6.34. The number of hydrogen-bond acceptors (Lipinski definition) is 6. The highest BCUT2D eigenvalue weighted by Gasteiger charge is 2.36. The summed E-state index contributed by atoms with van der Waals surface area (Å²) in [5, 5.41) is 11.4. The second-order valence-electron chi connectivity index (χ2n) is 7.92. The molecular formula is C24H10Br2F6N2O4S2. The predicted octanol–water partition coefficient (Wildman–Crippen LogP) is 9.36. The van der Waals surface area contributed by atoms with Crippen molar-refractivity contribution < 1.29 is 40.8 Å². The van der Waals surface area contributed by atoms with E-state index in [0.29, 0.717) is 17.7 Å². The predicted molar refractivity (Wildman–Crippen MR) is 147 cm³/mol. The van der Waals surface area contributed by atoms with Crippen LogP contribution < -0.4 is 9.64 Å². The van der Waals surface area contributed by atoms with Crippen LogP contribution in [0, 0.1) is 10.1 Å². The van der Waals surface area contributed by atoms with Crippen LogP contribution in [-0.4, -0.2) is 15.2 Å². The molecule has 16 heteroatoms. The summed E-state index contributed by atoms with van der Waals surface area (Å²) in [5.41, 5.74) is -2.72. The molecule has 40 heavy (non-hydrogen) atoms. The Morgan fingerprint density at radius 1 is 0.950 bits per heavy atom. The second kappa shape index (κ2) is 11.1. The van der Waals surface area contributed by atoms with Gasteiger partial charge in [0, 0.05) is 6.07 Å². The van der Waals surface area contributed by atoms with E-state index in [-0.39, 0.29) is 29.6 Å². The maximum absolute atomic E-state index is 13.1. The molecule has 0 radical (unpaired) electrons. The Morgan fingerprint density at radius 3 is 2.12 bits per heavy atom. The van der Waals surface area contributed by atoms with E-state index in [9.17, 15) is 41.3 Å². The summed E-state index contributed by atoms with van der Waals surface area (Å²) in [5.74, 6) is -1.10. The van der Waals surface area contributed by atoms with Crippen molar-refractivity contribution in [2.75, 3.05) is 4.90 Å². The average Bonchev–Trinajstić information content (AvgIpc) is 3.12. The molecule has 3 aromatic carbocycles. The third-order valence-corrected chi connectivity index (χ3v) is 7.72. The van der Waals surface area contributed by atoms with Gasteiger partial charge in [-0.05, 0) is 86.0 Å². The quantitative estimate of drug-likeness (QED) is 0.0858. The lowest BCUT2D eigenvalue weighted by molar-refractivity contribution is -0.385. The Labute approximate surface area is 247 Å². The first-order chi connectivity index (χ1) is 18.6. The molecule has 0 spiro atoms. The van der Waals surface area contributed by atoms with Gasteiger partial charge in [-0.3, -0.25) is 19.8 Å². The van der Waals surface area contributed by atoms with Crippen molar-refractivity contribution in [3.63, 3.8) is 0 Å². The number of rotatable bonds is 5. The van der Waals surface area contributed by atoms with Gasteiger partial charge in [0.25, 0.3) is 5.91 Å². The zero-order chi connectivity index (χ0) is 29.6. The maximum atomic E-state index is 13.1. The molecular weight excluding hydrogens is 718 g/mol. The number of benzene rings is 3. The molecule has 1 fully saturated rings. The normalized spacial score (nSPS) is 15.2. The molecule has 0 bridgehead atoms. The van der Waals surface area contributed by atoms with Crippen LogP contribution in [0.2, 0.25) is 0 Å². The van der Waals surface area contributed by atoms with Crippen molar-refractivity contribution in [2.45, 2.75) is 12.4 Å². The third-order valence-electron chi connectivity index (χ3n) is 5.24. The van der Waals surface area contributed by atoms with Gasteiger partial charge < -0.3 is 4.74 Å². The van der Waals surface area contributed by atoms with E-state index < -0.39 is 45.7 Å². The first kappa shape index (κ1) is 30.0. The number of nitro benzene ring substituents is 1. The topological polar surface area (TPSA) is 72.7 Å². The summed E-state index contributed by atoms with van der Waals surface area (Å²) in [7, 11) is 0. The number of alkyl halides is 6. The largest absolute Gasteiger partial charge is 0.448 e. The molecule has 4 rings (SSSR count). The Bertz CT molecular complexity index is 1570. The van der Waals surface area contributed by atoms with Gasteiger partial charge in [-0.2, -0.15) is 26.3 Å². The zero-order valence-electron chi connectivity index (χ0n) is 19.1. The molecule has 0 saturated carbocycles. The Kier molecular flexibility index (Phi) is 8.36. The van der Waals surface area contributed by atoms with E-state index >= 15 is 0 Å². The number of hydrogen-bond donors (Lipinski definition) is 0. The molecule has 0 atom stereocenters. The smallest absolute Gasteiger partial charge is 0.416 e. The van der Waals surface area contributed by atoms with Gasteiger partial charge in [0.05, 0.1) is 35.6 Å². The Morgan fingerprint density at radius 2 is 1.55 bits per heavy atom. The van der Waals surface area contributed by atoms with E-state index in [2.05, 4.69) is 31.9 Å².